The average Bonchev–Trinajstić information content (AvgIpc) is 3.09. The zero-order valence-electron chi connectivity index (χ0n) is 13.8. The second-order valence-corrected chi connectivity index (χ2v) is 7.21. The Morgan fingerprint density at radius 1 is 1.27 bits per heavy atom. The number of ether oxygens (including phenoxy) is 1. The van der Waals surface area contributed by atoms with Crippen LogP contribution in [0.5, 0.6) is 5.75 Å². The van der Waals surface area contributed by atoms with E-state index < -0.39 is 6.10 Å². The topological polar surface area (TPSA) is 38.3 Å². The number of nitrogens with one attached hydrogen (secondary N) is 1. The van der Waals surface area contributed by atoms with Crippen LogP contribution in [0.1, 0.15) is 45.1 Å². The fraction of sp³-hybridized carbons (Fsp3) is 0.632. The van der Waals surface area contributed by atoms with Crippen molar-refractivity contribution in [2.45, 2.75) is 58.6 Å². The Hall–Kier alpha value is -1.51. The molecule has 0 heterocycles. The van der Waals surface area contributed by atoms with Gasteiger partial charge in [0, 0.05) is 6.04 Å². The Kier molecular flexibility index (Phi) is 4.42. The molecule has 2 aliphatic rings. The van der Waals surface area contributed by atoms with E-state index in [2.05, 4.69) is 12.2 Å². The summed E-state index contributed by atoms with van der Waals surface area (Å²) in [7, 11) is 0. The first-order chi connectivity index (χ1) is 10.5. The Labute approximate surface area is 133 Å². The number of rotatable bonds is 5. The van der Waals surface area contributed by atoms with Crippen molar-refractivity contribution in [3.05, 3.63) is 29.8 Å². The van der Waals surface area contributed by atoms with Gasteiger partial charge in [0.15, 0.2) is 6.10 Å². The van der Waals surface area contributed by atoms with Gasteiger partial charge in [-0.1, -0.05) is 18.6 Å². The summed E-state index contributed by atoms with van der Waals surface area (Å²) in [6.45, 7) is 6.00. The van der Waals surface area contributed by atoms with Gasteiger partial charge < -0.3 is 10.1 Å². The summed E-state index contributed by atoms with van der Waals surface area (Å²) in [5.74, 6) is 3.16. The summed E-state index contributed by atoms with van der Waals surface area (Å²) in [6, 6.07) is 8.09. The molecule has 0 spiro atoms. The van der Waals surface area contributed by atoms with Crippen LogP contribution in [0.4, 0.5) is 0 Å². The predicted molar refractivity (Wildman–Crippen MR) is 87.8 cm³/mol. The van der Waals surface area contributed by atoms with E-state index in [-0.39, 0.29) is 11.9 Å². The first-order valence-corrected chi connectivity index (χ1v) is 8.56. The van der Waals surface area contributed by atoms with Crippen molar-refractivity contribution in [2.75, 3.05) is 0 Å². The summed E-state index contributed by atoms with van der Waals surface area (Å²) < 4.78 is 5.77. The molecule has 1 N–H and O–H groups in total. The molecule has 0 radical (unpaired) electrons. The maximum atomic E-state index is 12.4. The number of hydrogen-bond donors (Lipinski definition) is 1. The van der Waals surface area contributed by atoms with Gasteiger partial charge in [0.25, 0.3) is 5.91 Å². The normalized spacial score (nSPS) is 29.1. The predicted octanol–water partition coefficient (Wildman–Crippen LogP) is 3.70. The molecule has 0 saturated heterocycles. The van der Waals surface area contributed by atoms with Crippen LogP contribution in [0.3, 0.4) is 0 Å². The summed E-state index contributed by atoms with van der Waals surface area (Å²) in [5, 5.41) is 3.18. The first-order valence-electron chi connectivity index (χ1n) is 8.56. The smallest absolute Gasteiger partial charge is 0.260 e. The zero-order chi connectivity index (χ0) is 15.7. The number of aryl methyl sites for hydroxylation is 1. The fourth-order valence-electron chi connectivity index (χ4n) is 4.30. The Bertz CT molecular complexity index is 542. The van der Waals surface area contributed by atoms with E-state index >= 15 is 0 Å². The summed E-state index contributed by atoms with van der Waals surface area (Å²) in [4.78, 5) is 12.4. The van der Waals surface area contributed by atoms with Gasteiger partial charge in [-0.3, -0.25) is 4.79 Å². The van der Waals surface area contributed by atoms with E-state index in [1.807, 2.05) is 38.1 Å². The number of fused-ring (bicyclic) bond motifs is 2. The van der Waals surface area contributed by atoms with E-state index in [9.17, 15) is 4.79 Å². The van der Waals surface area contributed by atoms with Crippen molar-refractivity contribution in [3.8, 4) is 5.75 Å². The van der Waals surface area contributed by atoms with Gasteiger partial charge >= 0.3 is 0 Å². The summed E-state index contributed by atoms with van der Waals surface area (Å²) >= 11 is 0. The van der Waals surface area contributed by atoms with Crippen LogP contribution in [0.15, 0.2) is 24.3 Å². The molecule has 2 fully saturated rings. The highest BCUT2D eigenvalue weighted by Crippen LogP contribution is 2.49. The van der Waals surface area contributed by atoms with E-state index in [1.54, 1.807) is 0 Å². The monoisotopic (exact) mass is 301 g/mol. The molecule has 5 unspecified atom stereocenters. The Balaban J connectivity index is 1.52. The zero-order valence-corrected chi connectivity index (χ0v) is 13.8. The lowest BCUT2D eigenvalue weighted by molar-refractivity contribution is -0.128. The lowest BCUT2D eigenvalue weighted by atomic mass is 9.84. The van der Waals surface area contributed by atoms with Crippen molar-refractivity contribution < 1.29 is 9.53 Å². The molecule has 0 aliphatic heterocycles. The molecule has 5 atom stereocenters. The molecule has 1 aromatic carbocycles. The van der Waals surface area contributed by atoms with Crippen LogP contribution < -0.4 is 10.1 Å². The van der Waals surface area contributed by atoms with Crippen LogP contribution in [0.25, 0.3) is 0 Å². The molecule has 2 bridgehead atoms. The van der Waals surface area contributed by atoms with Crippen molar-refractivity contribution in [1.29, 1.82) is 0 Å². The molecule has 2 saturated carbocycles. The van der Waals surface area contributed by atoms with Crippen LogP contribution in [0, 0.1) is 24.7 Å². The maximum absolute atomic E-state index is 12.4. The number of carbonyl (C=O) groups excluding carboxylic acids is 1. The number of carbonyl (C=O) groups is 1. The molecule has 2 aliphatic carbocycles. The van der Waals surface area contributed by atoms with E-state index in [4.69, 9.17) is 4.74 Å². The van der Waals surface area contributed by atoms with Crippen LogP contribution in [0.2, 0.25) is 0 Å². The van der Waals surface area contributed by atoms with Crippen LogP contribution in [-0.4, -0.2) is 18.1 Å². The highest BCUT2D eigenvalue weighted by molar-refractivity contribution is 5.81. The third kappa shape index (κ3) is 3.29. The second kappa shape index (κ2) is 6.31. The van der Waals surface area contributed by atoms with Gasteiger partial charge in [0.1, 0.15) is 5.75 Å². The maximum Gasteiger partial charge on any atom is 0.260 e. The molecule has 120 valence electrons. The van der Waals surface area contributed by atoms with Crippen molar-refractivity contribution >= 4 is 5.91 Å². The lowest BCUT2D eigenvalue weighted by Crippen LogP contribution is -2.45. The molecule has 0 aromatic heterocycles. The summed E-state index contributed by atoms with van der Waals surface area (Å²) in [6.07, 6.45) is 4.96. The fourth-order valence-corrected chi connectivity index (χ4v) is 4.30. The number of amides is 1. The van der Waals surface area contributed by atoms with Crippen molar-refractivity contribution in [2.24, 2.45) is 17.8 Å². The van der Waals surface area contributed by atoms with Crippen LogP contribution in [-0.2, 0) is 4.79 Å². The minimum absolute atomic E-state index is 0.00298. The van der Waals surface area contributed by atoms with Gasteiger partial charge in [0.05, 0.1) is 0 Å². The van der Waals surface area contributed by atoms with Gasteiger partial charge in [0.2, 0.25) is 0 Å². The number of benzene rings is 1. The van der Waals surface area contributed by atoms with E-state index in [0.29, 0.717) is 5.92 Å². The van der Waals surface area contributed by atoms with Crippen molar-refractivity contribution in [3.63, 3.8) is 0 Å². The van der Waals surface area contributed by atoms with Crippen LogP contribution >= 0.6 is 0 Å². The largest absolute Gasteiger partial charge is 0.481 e. The molecule has 3 nitrogen and oxygen atoms in total. The standard InChI is InChI=1S/C19H27NO2/c1-12-5-4-6-17(9-12)22-14(3)19(21)20-13(2)18-11-15-7-8-16(18)10-15/h4-6,9,13-16,18H,7-8,10-11H2,1-3H3,(H,20,21). The van der Waals surface area contributed by atoms with Gasteiger partial charge in [-0.2, -0.15) is 0 Å². The van der Waals surface area contributed by atoms with Gasteiger partial charge in [-0.25, -0.2) is 0 Å². The second-order valence-electron chi connectivity index (χ2n) is 7.21. The van der Waals surface area contributed by atoms with Crippen molar-refractivity contribution in [1.82, 2.24) is 5.32 Å². The Morgan fingerprint density at radius 3 is 2.73 bits per heavy atom. The highest BCUT2D eigenvalue weighted by Gasteiger charge is 2.42. The third-order valence-electron chi connectivity index (χ3n) is 5.48. The molecule has 1 aromatic rings. The molecular weight excluding hydrogens is 274 g/mol. The molecule has 1 amide bonds. The molecule has 3 rings (SSSR count). The SMILES string of the molecule is Cc1cccc(OC(C)C(=O)NC(C)C2CC3CCC2C3)c1. The Morgan fingerprint density at radius 2 is 2.09 bits per heavy atom. The average molecular weight is 301 g/mol. The van der Waals surface area contributed by atoms with Gasteiger partial charge in [-0.15, -0.1) is 0 Å². The highest BCUT2D eigenvalue weighted by atomic mass is 16.5. The van der Waals surface area contributed by atoms with E-state index in [0.717, 1.165) is 23.1 Å². The molecular formula is C19H27NO2. The quantitative estimate of drug-likeness (QED) is 0.900. The minimum Gasteiger partial charge on any atom is -0.481 e. The lowest BCUT2D eigenvalue weighted by Gasteiger charge is -2.29. The summed E-state index contributed by atoms with van der Waals surface area (Å²) in [5.41, 5.74) is 1.14. The number of hydrogen-bond acceptors (Lipinski definition) is 2. The minimum atomic E-state index is -0.456. The van der Waals surface area contributed by atoms with Gasteiger partial charge in [-0.05, 0) is 75.5 Å². The van der Waals surface area contributed by atoms with E-state index in [1.165, 1.54) is 25.7 Å². The molecule has 3 heteroatoms. The first kappa shape index (κ1) is 15.4. The third-order valence-corrected chi connectivity index (χ3v) is 5.48. The molecule has 22 heavy (non-hydrogen) atoms.